The average molecular weight is 336 g/mol. The lowest BCUT2D eigenvalue weighted by Gasteiger charge is -2.26. The van der Waals surface area contributed by atoms with Crippen molar-refractivity contribution in [3.05, 3.63) is 11.7 Å². The van der Waals surface area contributed by atoms with E-state index in [0.717, 1.165) is 12.3 Å². The first-order valence-electron chi connectivity index (χ1n) is 8.78. The van der Waals surface area contributed by atoms with Gasteiger partial charge in [0.05, 0.1) is 6.10 Å². The molecule has 1 aromatic heterocycles. The molecule has 2 aliphatic rings. The monoisotopic (exact) mass is 336 g/mol. The van der Waals surface area contributed by atoms with Crippen LogP contribution in [0.4, 0.5) is 4.79 Å². The summed E-state index contributed by atoms with van der Waals surface area (Å²) < 4.78 is 10.7. The first-order chi connectivity index (χ1) is 11.4. The molecule has 1 aliphatic carbocycles. The molecule has 24 heavy (non-hydrogen) atoms. The molecule has 2 fully saturated rings. The van der Waals surface area contributed by atoms with Gasteiger partial charge in [-0.15, -0.1) is 0 Å². The van der Waals surface area contributed by atoms with Crippen molar-refractivity contribution in [2.75, 3.05) is 20.2 Å². The minimum absolute atomic E-state index is 0.00383. The average Bonchev–Trinajstić information content (AvgIpc) is 3.18. The molecule has 2 heterocycles. The van der Waals surface area contributed by atoms with Crippen molar-refractivity contribution >= 4 is 6.03 Å². The standard InChI is InChI=1S/C17H28N4O3/c1-11-19-15(24-20-11)14-9-13(23-4)10-21(14)16(22)18-8-7-17(2,3)12-5-6-12/h12-14H,5-10H2,1-4H3,(H,18,22)/t13-,14+/m0/s1. The molecular formula is C17H28N4O3. The van der Waals surface area contributed by atoms with E-state index < -0.39 is 0 Å². The molecule has 2 atom stereocenters. The predicted octanol–water partition coefficient (Wildman–Crippen LogP) is 2.68. The van der Waals surface area contributed by atoms with E-state index in [2.05, 4.69) is 29.3 Å². The first-order valence-corrected chi connectivity index (χ1v) is 8.78. The second-order valence-electron chi connectivity index (χ2n) is 7.69. The Balaban J connectivity index is 1.58. The number of carbonyl (C=O) groups is 1. The van der Waals surface area contributed by atoms with E-state index >= 15 is 0 Å². The van der Waals surface area contributed by atoms with Crippen LogP contribution in [0, 0.1) is 18.3 Å². The lowest BCUT2D eigenvalue weighted by Crippen LogP contribution is -2.41. The highest BCUT2D eigenvalue weighted by Crippen LogP contribution is 2.47. The topological polar surface area (TPSA) is 80.5 Å². The summed E-state index contributed by atoms with van der Waals surface area (Å²) in [6, 6.07) is -0.297. The number of methoxy groups -OCH3 is 1. The number of hydrogen-bond acceptors (Lipinski definition) is 5. The Labute approximate surface area is 143 Å². The number of aryl methyl sites for hydroxylation is 1. The predicted molar refractivity (Wildman–Crippen MR) is 88.4 cm³/mol. The highest BCUT2D eigenvalue weighted by atomic mass is 16.5. The molecule has 0 spiro atoms. The Kier molecular flexibility index (Phi) is 4.80. The molecule has 1 N–H and O–H groups in total. The molecule has 2 amide bonds. The number of nitrogens with zero attached hydrogens (tertiary/aromatic N) is 3. The van der Waals surface area contributed by atoms with E-state index in [1.807, 2.05) is 0 Å². The van der Waals surface area contributed by atoms with Gasteiger partial charge in [-0.3, -0.25) is 0 Å². The SMILES string of the molecule is CO[C@H]1C[C@H](c2nc(C)no2)N(C(=O)NCCC(C)(C)C2CC2)C1. The van der Waals surface area contributed by atoms with Gasteiger partial charge in [-0.2, -0.15) is 4.98 Å². The number of ether oxygens (including phenoxy) is 1. The van der Waals surface area contributed by atoms with Gasteiger partial charge in [0.15, 0.2) is 5.82 Å². The molecule has 0 unspecified atom stereocenters. The second kappa shape index (κ2) is 6.70. The van der Waals surface area contributed by atoms with Gasteiger partial charge < -0.3 is 19.5 Å². The van der Waals surface area contributed by atoms with E-state index in [1.54, 1.807) is 18.9 Å². The summed E-state index contributed by atoms with van der Waals surface area (Å²) in [6.45, 7) is 7.59. The van der Waals surface area contributed by atoms with Crippen molar-refractivity contribution in [2.24, 2.45) is 11.3 Å². The number of aromatic nitrogens is 2. The summed E-state index contributed by atoms with van der Waals surface area (Å²) in [4.78, 5) is 18.7. The maximum absolute atomic E-state index is 12.6. The summed E-state index contributed by atoms with van der Waals surface area (Å²) in [6.07, 6.45) is 4.31. The molecule has 0 radical (unpaired) electrons. The lowest BCUT2D eigenvalue weighted by molar-refractivity contribution is 0.110. The fourth-order valence-electron chi connectivity index (χ4n) is 3.54. The van der Waals surface area contributed by atoms with Crippen LogP contribution in [-0.4, -0.2) is 47.4 Å². The minimum Gasteiger partial charge on any atom is -0.380 e. The van der Waals surface area contributed by atoms with Gasteiger partial charge >= 0.3 is 6.03 Å². The molecule has 134 valence electrons. The van der Waals surface area contributed by atoms with Crippen molar-refractivity contribution in [1.29, 1.82) is 0 Å². The van der Waals surface area contributed by atoms with Crippen molar-refractivity contribution in [2.45, 2.75) is 58.6 Å². The molecule has 1 aliphatic heterocycles. The van der Waals surface area contributed by atoms with Crippen LogP contribution < -0.4 is 5.32 Å². The number of likely N-dealkylation sites (tertiary alicyclic amines) is 1. The zero-order valence-electron chi connectivity index (χ0n) is 15.0. The van der Waals surface area contributed by atoms with E-state index in [4.69, 9.17) is 9.26 Å². The minimum atomic E-state index is -0.215. The third-order valence-corrected chi connectivity index (χ3v) is 5.41. The zero-order chi connectivity index (χ0) is 17.3. The summed E-state index contributed by atoms with van der Waals surface area (Å²) in [5.74, 6) is 1.88. The largest absolute Gasteiger partial charge is 0.380 e. The van der Waals surface area contributed by atoms with Crippen LogP contribution in [-0.2, 0) is 4.74 Å². The number of hydrogen-bond donors (Lipinski definition) is 1. The van der Waals surface area contributed by atoms with Crippen LogP contribution in [0.3, 0.4) is 0 Å². The summed E-state index contributed by atoms with van der Waals surface area (Å²) in [5, 5.41) is 6.90. The van der Waals surface area contributed by atoms with Gasteiger partial charge in [-0.05, 0) is 37.5 Å². The summed E-state index contributed by atoms with van der Waals surface area (Å²) in [5.41, 5.74) is 0.302. The quantitative estimate of drug-likeness (QED) is 0.864. The first kappa shape index (κ1) is 17.2. The molecule has 3 rings (SSSR count). The van der Waals surface area contributed by atoms with Crippen molar-refractivity contribution in [1.82, 2.24) is 20.4 Å². The highest BCUT2D eigenvalue weighted by Gasteiger charge is 2.40. The van der Waals surface area contributed by atoms with Crippen LogP contribution in [0.5, 0.6) is 0 Å². The van der Waals surface area contributed by atoms with E-state index in [-0.39, 0.29) is 18.2 Å². The van der Waals surface area contributed by atoms with Gasteiger partial charge in [-0.25, -0.2) is 4.79 Å². The maximum Gasteiger partial charge on any atom is 0.318 e. The molecule has 1 saturated heterocycles. The Hall–Kier alpha value is -1.63. The number of rotatable bonds is 6. The lowest BCUT2D eigenvalue weighted by atomic mass is 9.84. The molecule has 7 nitrogen and oxygen atoms in total. The fraction of sp³-hybridized carbons (Fsp3) is 0.824. The van der Waals surface area contributed by atoms with Gasteiger partial charge in [0.1, 0.15) is 6.04 Å². The van der Waals surface area contributed by atoms with Crippen LogP contribution >= 0.6 is 0 Å². The molecule has 1 saturated carbocycles. The number of urea groups is 1. The number of carbonyl (C=O) groups excluding carboxylic acids is 1. The Morgan fingerprint density at radius 3 is 2.79 bits per heavy atom. The fourth-order valence-corrected chi connectivity index (χ4v) is 3.54. The van der Waals surface area contributed by atoms with Gasteiger partial charge in [-0.1, -0.05) is 19.0 Å². The number of amides is 2. The van der Waals surface area contributed by atoms with Gasteiger partial charge in [0, 0.05) is 26.6 Å². The van der Waals surface area contributed by atoms with Crippen LogP contribution in [0.25, 0.3) is 0 Å². The Morgan fingerprint density at radius 2 is 2.21 bits per heavy atom. The van der Waals surface area contributed by atoms with Crippen LogP contribution in [0.1, 0.15) is 57.3 Å². The Bertz CT molecular complexity index is 582. The van der Waals surface area contributed by atoms with E-state index in [1.165, 1.54) is 12.8 Å². The second-order valence-corrected chi connectivity index (χ2v) is 7.69. The number of nitrogens with one attached hydrogen (secondary N) is 1. The van der Waals surface area contributed by atoms with Crippen LogP contribution in [0.15, 0.2) is 4.52 Å². The molecule has 0 aromatic carbocycles. The zero-order valence-corrected chi connectivity index (χ0v) is 15.0. The van der Waals surface area contributed by atoms with Crippen LogP contribution in [0.2, 0.25) is 0 Å². The molecule has 7 heteroatoms. The third-order valence-electron chi connectivity index (χ3n) is 5.41. The van der Waals surface area contributed by atoms with Crippen molar-refractivity contribution in [3.8, 4) is 0 Å². The molecule has 1 aromatic rings. The summed E-state index contributed by atoms with van der Waals surface area (Å²) >= 11 is 0. The molecule has 0 bridgehead atoms. The summed E-state index contributed by atoms with van der Waals surface area (Å²) in [7, 11) is 1.67. The van der Waals surface area contributed by atoms with Gasteiger partial charge in [0.25, 0.3) is 0 Å². The van der Waals surface area contributed by atoms with Crippen molar-refractivity contribution < 1.29 is 14.1 Å². The van der Waals surface area contributed by atoms with Crippen molar-refractivity contribution in [3.63, 3.8) is 0 Å². The van der Waals surface area contributed by atoms with E-state index in [0.29, 0.717) is 36.6 Å². The third kappa shape index (κ3) is 3.71. The normalized spacial score (nSPS) is 24.4. The smallest absolute Gasteiger partial charge is 0.318 e. The van der Waals surface area contributed by atoms with E-state index in [9.17, 15) is 4.79 Å². The maximum atomic E-state index is 12.6. The Morgan fingerprint density at radius 1 is 1.46 bits per heavy atom. The molecular weight excluding hydrogens is 308 g/mol. The highest BCUT2D eigenvalue weighted by molar-refractivity contribution is 5.75. The van der Waals surface area contributed by atoms with Gasteiger partial charge in [0.2, 0.25) is 5.89 Å².